The number of hydrogen-bond acceptors (Lipinski definition) is 4. The van der Waals surface area contributed by atoms with Gasteiger partial charge in [0.05, 0.1) is 24.6 Å². The van der Waals surface area contributed by atoms with E-state index in [4.69, 9.17) is 4.74 Å². The molecule has 0 aromatic carbocycles. The fourth-order valence-electron chi connectivity index (χ4n) is 4.21. The average Bonchev–Trinajstić information content (AvgIpc) is 3.15. The van der Waals surface area contributed by atoms with Gasteiger partial charge in [0.25, 0.3) is 0 Å². The molecule has 6 heteroatoms. The Kier molecular flexibility index (Phi) is 3.98. The molecule has 4 rings (SSSR count). The predicted molar refractivity (Wildman–Crippen MR) is 91.8 cm³/mol. The molecule has 2 aliphatic rings. The molecule has 1 spiro atoms. The van der Waals surface area contributed by atoms with E-state index in [1.165, 1.54) is 0 Å². The van der Waals surface area contributed by atoms with Gasteiger partial charge in [0.2, 0.25) is 5.91 Å². The zero-order valence-electron chi connectivity index (χ0n) is 14.5. The van der Waals surface area contributed by atoms with Crippen LogP contribution in [0, 0.1) is 12.8 Å². The summed E-state index contributed by atoms with van der Waals surface area (Å²) in [6, 6.07) is 5.93. The largest absolute Gasteiger partial charge is 0.458 e. The van der Waals surface area contributed by atoms with Crippen molar-refractivity contribution in [1.29, 1.82) is 0 Å². The second-order valence-corrected chi connectivity index (χ2v) is 7.20. The Morgan fingerprint density at radius 2 is 2.16 bits per heavy atom. The topological polar surface area (TPSA) is 72.7 Å². The molecule has 1 atom stereocenters. The number of carbonyl (C=O) groups excluding carboxylic acids is 2. The Hall–Kier alpha value is -2.37. The third-order valence-corrected chi connectivity index (χ3v) is 5.53. The molecule has 1 amide bonds. The summed E-state index contributed by atoms with van der Waals surface area (Å²) in [7, 11) is 0. The van der Waals surface area contributed by atoms with E-state index in [0.717, 1.165) is 49.1 Å². The molecule has 1 N–H and O–H groups in total. The summed E-state index contributed by atoms with van der Waals surface area (Å²) in [6.45, 7) is 2.38. The molecule has 3 heterocycles. The third kappa shape index (κ3) is 2.90. The molecule has 1 saturated heterocycles. The van der Waals surface area contributed by atoms with Gasteiger partial charge in [-0.3, -0.25) is 9.59 Å². The van der Waals surface area contributed by atoms with Gasteiger partial charge in [-0.1, -0.05) is 12.5 Å². The van der Waals surface area contributed by atoms with Crippen molar-refractivity contribution < 1.29 is 14.3 Å². The lowest BCUT2D eigenvalue weighted by atomic mass is 9.75. The maximum Gasteiger partial charge on any atom is 0.307 e. The summed E-state index contributed by atoms with van der Waals surface area (Å²) in [5.74, 6) is -0.717. The number of pyridine rings is 1. The molecule has 1 saturated carbocycles. The standard InChI is InChI=1S/C19H23N3O3/c1-13-6-5-7-16-21-14(12-22(13)16)11-20-18(24)15-10-17(23)25-19(15)8-3-2-4-9-19/h5-7,12,15H,2-4,8-11H2,1H3,(H,20,24)/t15-/m0/s1. The Balaban J connectivity index is 1.47. The highest BCUT2D eigenvalue weighted by atomic mass is 16.6. The molecule has 1 aliphatic carbocycles. The minimum Gasteiger partial charge on any atom is -0.458 e. The number of hydrogen-bond donors (Lipinski definition) is 1. The summed E-state index contributed by atoms with van der Waals surface area (Å²) in [4.78, 5) is 29.1. The average molecular weight is 341 g/mol. The van der Waals surface area contributed by atoms with E-state index in [-0.39, 0.29) is 24.2 Å². The van der Waals surface area contributed by atoms with E-state index >= 15 is 0 Å². The van der Waals surface area contributed by atoms with Crippen LogP contribution in [0.25, 0.3) is 5.65 Å². The van der Waals surface area contributed by atoms with Crippen LogP contribution in [0.4, 0.5) is 0 Å². The number of aryl methyl sites for hydroxylation is 1. The van der Waals surface area contributed by atoms with Crippen LogP contribution in [0.2, 0.25) is 0 Å². The molecule has 2 aromatic rings. The number of esters is 1. The van der Waals surface area contributed by atoms with Gasteiger partial charge < -0.3 is 14.5 Å². The molecule has 2 fully saturated rings. The number of imidazole rings is 1. The van der Waals surface area contributed by atoms with Crippen molar-refractivity contribution in [2.45, 2.75) is 57.6 Å². The number of fused-ring (bicyclic) bond motifs is 1. The van der Waals surface area contributed by atoms with Gasteiger partial charge in [-0.15, -0.1) is 0 Å². The van der Waals surface area contributed by atoms with Crippen molar-refractivity contribution in [1.82, 2.24) is 14.7 Å². The maximum atomic E-state index is 12.7. The smallest absolute Gasteiger partial charge is 0.307 e. The van der Waals surface area contributed by atoms with Gasteiger partial charge in [-0.05, 0) is 44.7 Å². The number of aromatic nitrogens is 2. The lowest BCUT2D eigenvalue weighted by Crippen LogP contribution is -2.45. The number of amides is 1. The van der Waals surface area contributed by atoms with Gasteiger partial charge in [0.15, 0.2) is 0 Å². The van der Waals surface area contributed by atoms with Crippen LogP contribution in [0.3, 0.4) is 0 Å². The zero-order valence-corrected chi connectivity index (χ0v) is 14.5. The van der Waals surface area contributed by atoms with E-state index in [9.17, 15) is 9.59 Å². The number of rotatable bonds is 3. The fourth-order valence-corrected chi connectivity index (χ4v) is 4.21. The monoisotopic (exact) mass is 341 g/mol. The third-order valence-electron chi connectivity index (χ3n) is 5.53. The van der Waals surface area contributed by atoms with Crippen molar-refractivity contribution in [3.05, 3.63) is 35.8 Å². The number of nitrogens with zero attached hydrogens (tertiary/aromatic N) is 2. The second kappa shape index (κ2) is 6.17. The Bertz CT molecular complexity index is 820. The Morgan fingerprint density at radius 1 is 1.36 bits per heavy atom. The number of nitrogens with one attached hydrogen (secondary N) is 1. The number of ether oxygens (including phenoxy) is 1. The molecule has 2 aromatic heterocycles. The van der Waals surface area contributed by atoms with Crippen LogP contribution in [0.1, 0.15) is 49.9 Å². The molecule has 25 heavy (non-hydrogen) atoms. The van der Waals surface area contributed by atoms with Gasteiger partial charge in [0.1, 0.15) is 11.2 Å². The van der Waals surface area contributed by atoms with E-state index < -0.39 is 5.60 Å². The molecule has 132 valence electrons. The van der Waals surface area contributed by atoms with E-state index in [0.29, 0.717) is 6.54 Å². The van der Waals surface area contributed by atoms with Crippen LogP contribution in [-0.4, -0.2) is 26.9 Å². The van der Waals surface area contributed by atoms with Crippen molar-refractivity contribution in [3.8, 4) is 0 Å². The van der Waals surface area contributed by atoms with Crippen molar-refractivity contribution in [2.75, 3.05) is 0 Å². The summed E-state index contributed by atoms with van der Waals surface area (Å²) in [6.07, 6.45) is 6.91. The van der Waals surface area contributed by atoms with E-state index in [1.807, 2.05) is 35.7 Å². The summed E-state index contributed by atoms with van der Waals surface area (Å²) >= 11 is 0. The second-order valence-electron chi connectivity index (χ2n) is 7.20. The van der Waals surface area contributed by atoms with Crippen molar-refractivity contribution in [2.24, 2.45) is 5.92 Å². The molecule has 0 radical (unpaired) electrons. The molecular formula is C19H23N3O3. The van der Waals surface area contributed by atoms with Gasteiger partial charge >= 0.3 is 5.97 Å². The first-order valence-corrected chi connectivity index (χ1v) is 9.01. The summed E-state index contributed by atoms with van der Waals surface area (Å²) in [5.41, 5.74) is 2.20. The molecule has 0 bridgehead atoms. The SMILES string of the molecule is Cc1cccc2nc(CNC(=O)[C@@H]3CC(=O)OC34CCCCC4)cn12. The molecule has 1 aliphatic heterocycles. The van der Waals surface area contributed by atoms with Gasteiger partial charge in [0, 0.05) is 11.9 Å². The van der Waals surface area contributed by atoms with Crippen molar-refractivity contribution in [3.63, 3.8) is 0 Å². The first-order valence-electron chi connectivity index (χ1n) is 9.01. The zero-order chi connectivity index (χ0) is 17.4. The van der Waals surface area contributed by atoms with Gasteiger partial charge in [-0.2, -0.15) is 0 Å². The quantitative estimate of drug-likeness (QED) is 0.871. The summed E-state index contributed by atoms with van der Waals surface area (Å²) < 4.78 is 7.63. The minimum atomic E-state index is -0.574. The number of carbonyl (C=O) groups is 2. The van der Waals surface area contributed by atoms with E-state index in [1.54, 1.807) is 0 Å². The van der Waals surface area contributed by atoms with Crippen LogP contribution < -0.4 is 5.32 Å². The normalized spacial score (nSPS) is 22.3. The fraction of sp³-hybridized carbons (Fsp3) is 0.526. The Morgan fingerprint density at radius 3 is 2.92 bits per heavy atom. The van der Waals surface area contributed by atoms with Gasteiger partial charge in [-0.25, -0.2) is 4.98 Å². The molecular weight excluding hydrogens is 318 g/mol. The van der Waals surface area contributed by atoms with Crippen LogP contribution in [-0.2, 0) is 20.9 Å². The highest BCUT2D eigenvalue weighted by Gasteiger charge is 2.52. The first kappa shape index (κ1) is 16.1. The first-order chi connectivity index (χ1) is 12.1. The highest BCUT2D eigenvalue weighted by Crippen LogP contribution is 2.44. The maximum absolute atomic E-state index is 12.7. The van der Waals surface area contributed by atoms with Crippen molar-refractivity contribution >= 4 is 17.5 Å². The van der Waals surface area contributed by atoms with E-state index in [2.05, 4.69) is 10.3 Å². The minimum absolute atomic E-state index is 0.0958. The Labute approximate surface area is 146 Å². The molecule has 0 unspecified atom stereocenters. The molecule has 6 nitrogen and oxygen atoms in total. The predicted octanol–water partition coefficient (Wildman–Crippen LogP) is 2.52. The highest BCUT2D eigenvalue weighted by molar-refractivity contribution is 5.87. The summed E-state index contributed by atoms with van der Waals surface area (Å²) in [5, 5.41) is 2.97. The van der Waals surface area contributed by atoms with Crippen LogP contribution >= 0.6 is 0 Å². The van der Waals surface area contributed by atoms with Crippen LogP contribution in [0.15, 0.2) is 24.4 Å². The lowest BCUT2D eigenvalue weighted by molar-refractivity contribution is -0.153. The van der Waals surface area contributed by atoms with Crippen LogP contribution in [0.5, 0.6) is 0 Å². The lowest BCUT2D eigenvalue weighted by Gasteiger charge is -2.35.